The number of aryl methyl sites for hydroxylation is 1. The van der Waals surface area contributed by atoms with Crippen molar-refractivity contribution in [2.24, 2.45) is 5.92 Å². The van der Waals surface area contributed by atoms with Gasteiger partial charge in [-0.05, 0) is 37.0 Å². The number of para-hydroxylation sites is 1. The standard InChI is InChI=1S/C19H22N4O/c1-11(2)18-17-14(13-6-4-5-7-15(13)20-17)8-9-23(18)19(24)16-10-12(3)21-22-16/h4-7,10-11,18,20H,8-9H2,1-3H3,(H,21,22). The predicted octanol–water partition coefficient (Wildman–Crippen LogP) is 3.60. The van der Waals surface area contributed by atoms with Gasteiger partial charge in [0.05, 0.1) is 6.04 Å². The zero-order valence-electron chi connectivity index (χ0n) is 14.3. The van der Waals surface area contributed by atoms with Crippen LogP contribution in [0.1, 0.15) is 47.3 Å². The number of amides is 1. The summed E-state index contributed by atoms with van der Waals surface area (Å²) in [6.07, 6.45) is 0.873. The Labute approximate surface area is 141 Å². The van der Waals surface area contributed by atoms with Crippen molar-refractivity contribution in [3.05, 3.63) is 53.0 Å². The molecule has 0 bridgehead atoms. The summed E-state index contributed by atoms with van der Waals surface area (Å²) < 4.78 is 0. The van der Waals surface area contributed by atoms with E-state index >= 15 is 0 Å². The van der Waals surface area contributed by atoms with Crippen LogP contribution in [0.3, 0.4) is 0 Å². The highest BCUT2D eigenvalue weighted by Gasteiger charge is 2.36. The quantitative estimate of drug-likeness (QED) is 0.757. The van der Waals surface area contributed by atoms with E-state index in [1.807, 2.05) is 24.0 Å². The molecule has 1 amide bonds. The van der Waals surface area contributed by atoms with Gasteiger partial charge in [-0.25, -0.2) is 0 Å². The predicted molar refractivity (Wildman–Crippen MR) is 93.9 cm³/mol. The summed E-state index contributed by atoms with van der Waals surface area (Å²) in [5, 5.41) is 8.30. The number of carbonyl (C=O) groups is 1. The second kappa shape index (κ2) is 5.51. The van der Waals surface area contributed by atoms with Gasteiger partial charge < -0.3 is 9.88 Å². The van der Waals surface area contributed by atoms with Gasteiger partial charge in [-0.2, -0.15) is 5.10 Å². The molecule has 1 aliphatic rings. The van der Waals surface area contributed by atoms with E-state index in [-0.39, 0.29) is 11.9 Å². The molecule has 3 heterocycles. The van der Waals surface area contributed by atoms with Crippen LogP contribution in [0.2, 0.25) is 0 Å². The maximum atomic E-state index is 13.0. The third-order valence-corrected chi connectivity index (χ3v) is 4.90. The molecule has 3 aromatic rings. The second-order valence-electron chi connectivity index (χ2n) is 6.94. The summed E-state index contributed by atoms with van der Waals surface area (Å²) in [6, 6.07) is 10.3. The molecule has 0 saturated heterocycles. The van der Waals surface area contributed by atoms with Gasteiger partial charge in [0.2, 0.25) is 0 Å². The molecule has 5 nitrogen and oxygen atoms in total. The SMILES string of the molecule is Cc1cc(C(=O)N2CCc3c([nH]c4ccccc34)C2C(C)C)n[nH]1. The van der Waals surface area contributed by atoms with Crippen molar-refractivity contribution in [3.8, 4) is 0 Å². The van der Waals surface area contributed by atoms with Crippen LogP contribution in [0, 0.1) is 12.8 Å². The Hall–Kier alpha value is -2.56. The minimum atomic E-state index is 0.00218. The summed E-state index contributed by atoms with van der Waals surface area (Å²) in [4.78, 5) is 18.5. The Kier molecular flexibility index (Phi) is 3.44. The smallest absolute Gasteiger partial charge is 0.274 e. The fraction of sp³-hybridized carbons (Fsp3) is 0.368. The van der Waals surface area contributed by atoms with Crippen molar-refractivity contribution in [2.45, 2.75) is 33.2 Å². The summed E-state index contributed by atoms with van der Waals surface area (Å²) in [7, 11) is 0. The minimum absolute atomic E-state index is 0.00218. The van der Waals surface area contributed by atoms with E-state index in [2.05, 4.69) is 47.2 Å². The van der Waals surface area contributed by atoms with Crippen LogP contribution in [0.5, 0.6) is 0 Å². The number of hydrogen-bond donors (Lipinski definition) is 2. The van der Waals surface area contributed by atoms with Crippen LogP contribution < -0.4 is 0 Å². The number of aromatic nitrogens is 3. The van der Waals surface area contributed by atoms with Gasteiger partial charge in [-0.15, -0.1) is 0 Å². The number of benzene rings is 1. The summed E-state index contributed by atoms with van der Waals surface area (Å²) >= 11 is 0. The molecule has 0 spiro atoms. The average molecular weight is 322 g/mol. The van der Waals surface area contributed by atoms with Crippen LogP contribution in [0.15, 0.2) is 30.3 Å². The molecule has 1 atom stereocenters. The molecule has 0 fully saturated rings. The van der Waals surface area contributed by atoms with Crippen molar-refractivity contribution in [1.82, 2.24) is 20.1 Å². The second-order valence-corrected chi connectivity index (χ2v) is 6.94. The van der Waals surface area contributed by atoms with Gasteiger partial charge >= 0.3 is 0 Å². The zero-order chi connectivity index (χ0) is 16.8. The maximum Gasteiger partial charge on any atom is 0.274 e. The van der Waals surface area contributed by atoms with Crippen molar-refractivity contribution in [3.63, 3.8) is 0 Å². The number of rotatable bonds is 2. The van der Waals surface area contributed by atoms with Crippen molar-refractivity contribution in [2.75, 3.05) is 6.54 Å². The van der Waals surface area contributed by atoms with Crippen LogP contribution in [0.25, 0.3) is 10.9 Å². The molecule has 1 aromatic carbocycles. The topological polar surface area (TPSA) is 64.8 Å². The molecular weight excluding hydrogens is 300 g/mol. The molecule has 24 heavy (non-hydrogen) atoms. The fourth-order valence-electron chi connectivity index (χ4n) is 3.87. The number of carbonyl (C=O) groups excluding carboxylic acids is 1. The molecule has 0 radical (unpaired) electrons. The Morgan fingerprint density at radius 3 is 2.83 bits per heavy atom. The first-order valence-corrected chi connectivity index (χ1v) is 8.48. The monoisotopic (exact) mass is 322 g/mol. The zero-order valence-corrected chi connectivity index (χ0v) is 14.3. The first-order chi connectivity index (χ1) is 11.6. The van der Waals surface area contributed by atoms with E-state index in [4.69, 9.17) is 0 Å². The molecule has 0 saturated carbocycles. The van der Waals surface area contributed by atoms with Crippen LogP contribution in [-0.2, 0) is 6.42 Å². The van der Waals surface area contributed by atoms with Crippen molar-refractivity contribution >= 4 is 16.8 Å². The normalized spacial score (nSPS) is 17.5. The summed E-state index contributed by atoms with van der Waals surface area (Å²) in [5.41, 5.74) is 5.09. The Bertz CT molecular complexity index is 905. The van der Waals surface area contributed by atoms with Gasteiger partial charge in [0, 0.05) is 28.8 Å². The van der Waals surface area contributed by atoms with E-state index in [9.17, 15) is 4.79 Å². The molecule has 4 rings (SSSR count). The van der Waals surface area contributed by atoms with Gasteiger partial charge in [-0.3, -0.25) is 9.89 Å². The van der Waals surface area contributed by atoms with Crippen molar-refractivity contribution in [1.29, 1.82) is 0 Å². The molecule has 5 heteroatoms. The van der Waals surface area contributed by atoms with Crippen LogP contribution in [-0.4, -0.2) is 32.5 Å². The first-order valence-electron chi connectivity index (χ1n) is 8.48. The molecule has 1 aliphatic heterocycles. The third kappa shape index (κ3) is 2.23. The van der Waals surface area contributed by atoms with E-state index in [1.165, 1.54) is 16.6 Å². The van der Waals surface area contributed by atoms with E-state index in [0.717, 1.165) is 24.2 Å². The summed E-state index contributed by atoms with van der Waals surface area (Å²) in [5.74, 6) is 0.323. The lowest BCUT2D eigenvalue weighted by molar-refractivity contribution is 0.0592. The molecule has 2 aromatic heterocycles. The highest BCUT2D eigenvalue weighted by Crippen LogP contribution is 2.38. The van der Waals surface area contributed by atoms with E-state index in [0.29, 0.717) is 11.6 Å². The van der Waals surface area contributed by atoms with Gasteiger partial charge in [0.25, 0.3) is 5.91 Å². The number of nitrogens with one attached hydrogen (secondary N) is 2. The fourth-order valence-corrected chi connectivity index (χ4v) is 3.87. The number of fused-ring (bicyclic) bond motifs is 3. The average Bonchev–Trinajstić information content (AvgIpc) is 3.16. The van der Waals surface area contributed by atoms with E-state index < -0.39 is 0 Å². The van der Waals surface area contributed by atoms with Crippen molar-refractivity contribution < 1.29 is 4.79 Å². The minimum Gasteiger partial charge on any atom is -0.356 e. The highest BCUT2D eigenvalue weighted by molar-refractivity contribution is 5.93. The third-order valence-electron chi connectivity index (χ3n) is 4.90. The van der Waals surface area contributed by atoms with Gasteiger partial charge in [-0.1, -0.05) is 32.0 Å². The Morgan fingerprint density at radius 2 is 2.12 bits per heavy atom. The number of hydrogen-bond acceptors (Lipinski definition) is 2. The number of H-pyrrole nitrogens is 2. The molecule has 124 valence electrons. The van der Waals surface area contributed by atoms with E-state index in [1.54, 1.807) is 0 Å². The molecular formula is C19H22N4O. The maximum absolute atomic E-state index is 13.0. The Morgan fingerprint density at radius 1 is 1.33 bits per heavy atom. The van der Waals surface area contributed by atoms with Crippen LogP contribution in [0.4, 0.5) is 0 Å². The van der Waals surface area contributed by atoms with Gasteiger partial charge in [0.15, 0.2) is 0 Å². The molecule has 0 aliphatic carbocycles. The lowest BCUT2D eigenvalue weighted by Crippen LogP contribution is -2.42. The lowest BCUT2D eigenvalue weighted by Gasteiger charge is -2.38. The number of nitrogens with zero attached hydrogens (tertiary/aromatic N) is 2. The molecule has 1 unspecified atom stereocenters. The Balaban J connectivity index is 1.79. The highest BCUT2D eigenvalue weighted by atomic mass is 16.2. The number of aromatic amines is 2. The molecule has 2 N–H and O–H groups in total. The van der Waals surface area contributed by atoms with Crippen LogP contribution >= 0.6 is 0 Å². The lowest BCUT2D eigenvalue weighted by atomic mass is 9.90. The first kappa shape index (κ1) is 15.0. The largest absolute Gasteiger partial charge is 0.356 e. The van der Waals surface area contributed by atoms with Gasteiger partial charge in [0.1, 0.15) is 5.69 Å². The summed E-state index contributed by atoms with van der Waals surface area (Å²) in [6.45, 7) is 6.97.